The fraction of sp³-hybridized carbons (Fsp3) is 0.273. The molecule has 0 saturated carbocycles. The first-order valence-electron chi connectivity index (χ1n) is 5.26. The lowest BCUT2D eigenvalue weighted by Crippen LogP contribution is -2.36. The molecule has 0 aliphatic heterocycles. The molecule has 96 valence electrons. The number of aliphatic hydroxyl groups is 1. The van der Waals surface area contributed by atoms with Crippen LogP contribution in [0.15, 0.2) is 33.5 Å². The van der Waals surface area contributed by atoms with Crippen molar-refractivity contribution in [1.29, 1.82) is 0 Å². The van der Waals surface area contributed by atoms with Gasteiger partial charge in [-0.1, -0.05) is 16.9 Å². The second kappa shape index (κ2) is 5.03. The highest BCUT2D eigenvalue weighted by Crippen LogP contribution is 2.10. The lowest BCUT2D eigenvalue weighted by Gasteiger charge is -2.08. The molecule has 7 heteroatoms. The van der Waals surface area contributed by atoms with Crippen molar-refractivity contribution in [2.45, 2.75) is 13.2 Å². The minimum absolute atomic E-state index is 0.136. The number of carbonyl (C=O) groups is 1. The number of aromatic nitrogens is 1. The molecule has 0 saturated heterocycles. The van der Waals surface area contributed by atoms with Crippen molar-refractivity contribution in [2.24, 2.45) is 0 Å². The van der Waals surface area contributed by atoms with Gasteiger partial charge < -0.3 is 19.1 Å². The molecule has 1 aromatic heterocycles. The molecule has 0 amide bonds. The first-order chi connectivity index (χ1) is 8.63. The van der Waals surface area contributed by atoms with Crippen molar-refractivity contribution in [2.75, 3.05) is 6.61 Å². The van der Waals surface area contributed by atoms with E-state index in [-0.39, 0.29) is 12.2 Å². The van der Waals surface area contributed by atoms with Crippen LogP contribution in [0.4, 0.5) is 0 Å². The monoisotopic (exact) mass is 253 g/mol. The minimum atomic E-state index is -1.74. The van der Waals surface area contributed by atoms with Crippen LogP contribution in [0.1, 0.15) is 6.92 Å². The molecule has 0 aliphatic rings. The number of oxazole rings is 1. The van der Waals surface area contributed by atoms with E-state index in [1.807, 2.05) is 0 Å². The number of nitrogens with zero attached hydrogens (tertiary/aromatic N) is 1. The van der Waals surface area contributed by atoms with E-state index in [0.717, 1.165) is 0 Å². The zero-order valence-electron chi connectivity index (χ0n) is 9.53. The Morgan fingerprint density at radius 3 is 2.94 bits per heavy atom. The summed E-state index contributed by atoms with van der Waals surface area (Å²) in [6, 6.07) is 6.42. The van der Waals surface area contributed by atoms with Gasteiger partial charge in [0.2, 0.25) is 0 Å². The van der Waals surface area contributed by atoms with Crippen LogP contribution in [-0.2, 0) is 9.53 Å². The van der Waals surface area contributed by atoms with Crippen molar-refractivity contribution in [3.63, 3.8) is 0 Å². The van der Waals surface area contributed by atoms with Gasteiger partial charge >= 0.3 is 11.7 Å². The molecule has 7 nitrogen and oxygen atoms in total. The maximum atomic E-state index is 11.5. The van der Waals surface area contributed by atoms with Gasteiger partial charge in [0.1, 0.15) is 5.52 Å². The van der Waals surface area contributed by atoms with Crippen LogP contribution in [-0.4, -0.2) is 28.7 Å². The van der Waals surface area contributed by atoms with E-state index in [1.54, 1.807) is 31.2 Å². The molecule has 0 spiro atoms. The van der Waals surface area contributed by atoms with Gasteiger partial charge in [0, 0.05) is 6.61 Å². The lowest BCUT2D eigenvalue weighted by atomic mass is 10.3. The predicted octanol–water partition coefficient (Wildman–Crippen LogP) is -0.0954. The highest BCUT2D eigenvalue weighted by molar-refractivity contribution is 5.76. The topological polar surface area (TPSA) is 90.9 Å². The van der Waals surface area contributed by atoms with Crippen LogP contribution in [0.3, 0.4) is 0 Å². The average molecular weight is 253 g/mol. The van der Waals surface area contributed by atoms with E-state index in [9.17, 15) is 14.7 Å². The summed E-state index contributed by atoms with van der Waals surface area (Å²) in [5.41, 5.74) is 0.570. The first kappa shape index (κ1) is 12.3. The van der Waals surface area contributed by atoms with Crippen LogP contribution in [0.5, 0.6) is 0 Å². The molecule has 18 heavy (non-hydrogen) atoms. The van der Waals surface area contributed by atoms with Crippen molar-refractivity contribution >= 4 is 17.1 Å². The third kappa shape index (κ3) is 2.27. The largest absolute Gasteiger partial charge is 0.453 e. The highest BCUT2D eigenvalue weighted by Gasteiger charge is 2.21. The van der Waals surface area contributed by atoms with Crippen LogP contribution < -0.4 is 10.6 Å². The number of ether oxygens (including phenoxy) is 1. The minimum Gasteiger partial charge on any atom is -0.405 e. The molecule has 2 rings (SSSR count). The van der Waals surface area contributed by atoms with Gasteiger partial charge in [-0.05, 0) is 19.1 Å². The molecule has 2 aromatic rings. The number of rotatable bonds is 4. The molecule has 0 aliphatic carbocycles. The van der Waals surface area contributed by atoms with Crippen molar-refractivity contribution in [1.82, 2.24) is 4.73 Å². The van der Waals surface area contributed by atoms with Gasteiger partial charge in [-0.15, -0.1) is 0 Å². The highest BCUT2D eigenvalue weighted by atomic mass is 16.7. The standard InChI is InChI=1S/C11H11NO6/c1-2-16-9(13)10(14)18-12-7-5-3-4-6-8(7)17-11(12)15/h3-6,9,13H,2H2,1H3. The third-order valence-corrected chi connectivity index (χ3v) is 2.15. The van der Waals surface area contributed by atoms with Crippen LogP contribution in [0, 0.1) is 0 Å². The van der Waals surface area contributed by atoms with Gasteiger partial charge in [0.15, 0.2) is 5.58 Å². The number of hydrogen-bond acceptors (Lipinski definition) is 6. The fourth-order valence-corrected chi connectivity index (χ4v) is 1.39. The zero-order chi connectivity index (χ0) is 13.1. The summed E-state index contributed by atoms with van der Waals surface area (Å²) in [4.78, 5) is 27.6. The molecule has 1 aromatic carbocycles. The Kier molecular flexibility index (Phi) is 3.45. The number of fused-ring (bicyclic) bond motifs is 1. The molecular formula is C11H11NO6. The maximum absolute atomic E-state index is 11.5. The maximum Gasteiger partial charge on any atom is 0.453 e. The second-order valence-corrected chi connectivity index (χ2v) is 3.35. The molecule has 0 radical (unpaired) electrons. The quantitative estimate of drug-likeness (QED) is 0.765. The first-order valence-corrected chi connectivity index (χ1v) is 5.26. The molecule has 0 bridgehead atoms. The van der Waals surface area contributed by atoms with Crippen LogP contribution >= 0.6 is 0 Å². The smallest absolute Gasteiger partial charge is 0.405 e. The van der Waals surface area contributed by atoms with Gasteiger partial charge in [-0.2, -0.15) is 0 Å². The van der Waals surface area contributed by atoms with E-state index >= 15 is 0 Å². The summed E-state index contributed by atoms with van der Waals surface area (Å²) in [5, 5.41) is 9.24. The van der Waals surface area contributed by atoms with Crippen molar-refractivity contribution < 1.29 is 23.9 Å². The molecular weight excluding hydrogens is 242 g/mol. The Balaban J connectivity index is 2.29. The fourth-order valence-electron chi connectivity index (χ4n) is 1.39. The Morgan fingerprint density at radius 2 is 2.22 bits per heavy atom. The third-order valence-electron chi connectivity index (χ3n) is 2.15. The van der Waals surface area contributed by atoms with Gasteiger partial charge in [-0.3, -0.25) is 0 Å². The van der Waals surface area contributed by atoms with Crippen LogP contribution in [0.2, 0.25) is 0 Å². The summed E-state index contributed by atoms with van der Waals surface area (Å²) < 4.78 is 10.2. The normalized spacial score (nSPS) is 12.6. The summed E-state index contributed by atoms with van der Waals surface area (Å²) >= 11 is 0. The van der Waals surface area contributed by atoms with Crippen molar-refractivity contribution in [3.8, 4) is 0 Å². The van der Waals surface area contributed by atoms with E-state index < -0.39 is 18.0 Å². The number of carbonyl (C=O) groups excluding carboxylic acids is 1. The number of para-hydroxylation sites is 2. The van der Waals surface area contributed by atoms with E-state index in [0.29, 0.717) is 10.2 Å². The Morgan fingerprint density at radius 1 is 1.50 bits per heavy atom. The van der Waals surface area contributed by atoms with Crippen LogP contribution in [0.25, 0.3) is 11.1 Å². The van der Waals surface area contributed by atoms with E-state index in [1.165, 1.54) is 0 Å². The summed E-state index contributed by atoms with van der Waals surface area (Å²) in [6.07, 6.45) is -1.74. The SMILES string of the molecule is CCOC(O)C(=O)On1c(=O)oc2ccccc21. The Hall–Kier alpha value is -2.12. The number of benzene rings is 1. The van der Waals surface area contributed by atoms with E-state index in [4.69, 9.17) is 9.25 Å². The molecule has 1 N–H and O–H groups in total. The van der Waals surface area contributed by atoms with Gasteiger partial charge in [0.25, 0.3) is 6.29 Å². The number of hydrogen-bond donors (Lipinski definition) is 1. The molecule has 1 heterocycles. The molecule has 1 atom stereocenters. The summed E-state index contributed by atoms with van der Waals surface area (Å²) in [7, 11) is 0. The van der Waals surface area contributed by atoms with Gasteiger partial charge in [-0.25, -0.2) is 9.59 Å². The summed E-state index contributed by atoms with van der Waals surface area (Å²) in [6.45, 7) is 1.74. The Bertz CT molecular complexity index is 613. The average Bonchev–Trinajstić information content (AvgIpc) is 2.66. The Labute approximate surface area is 101 Å². The number of aliphatic hydroxyl groups excluding tert-OH is 1. The molecule has 1 unspecified atom stereocenters. The zero-order valence-corrected chi connectivity index (χ0v) is 9.53. The summed E-state index contributed by atoms with van der Waals surface area (Å²) in [5.74, 6) is -1.95. The van der Waals surface area contributed by atoms with Gasteiger partial charge in [0.05, 0.1) is 0 Å². The van der Waals surface area contributed by atoms with E-state index in [2.05, 4.69) is 4.74 Å². The second-order valence-electron chi connectivity index (χ2n) is 3.35. The van der Waals surface area contributed by atoms with Crippen molar-refractivity contribution in [3.05, 3.63) is 34.8 Å². The molecule has 0 fully saturated rings. The predicted molar refractivity (Wildman–Crippen MR) is 59.7 cm³/mol. The lowest BCUT2D eigenvalue weighted by molar-refractivity contribution is -0.182.